The molecule has 2 aromatic rings. The first-order chi connectivity index (χ1) is 27.7. The molecule has 328 valence electrons. The molecule has 1 N–H and O–H groups in total. The molecule has 1 amide bonds. The van der Waals surface area contributed by atoms with E-state index >= 15 is 0 Å². The van der Waals surface area contributed by atoms with Gasteiger partial charge >= 0.3 is 12.1 Å². The second-order valence-corrected chi connectivity index (χ2v) is 18.1. The smallest absolute Gasteiger partial charge is 0.411 e. The maximum atomic E-state index is 14.9. The number of hydrogen-bond acceptors (Lipinski definition) is 13. The quantitative estimate of drug-likeness (QED) is 0.176. The van der Waals surface area contributed by atoms with Crippen LogP contribution in [0, 0.1) is 23.7 Å². The number of ether oxygens (including phenoxy) is 5. The van der Waals surface area contributed by atoms with Gasteiger partial charge in [0, 0.05) is 49.2 Å². The Morgan fingerprint density at radius 1 is 1.08 bits per heavy atom. The standard InChI is InChI=1S/C44H67N5O10/c1-14-32-44(15-2)36(48(41(54)59-44)21-17-19-42(8,9)49-24-46-38-30(49)18-16-20-45-38)27(5)33(50)25(3)23-43(10,55-13)37(28(6)34(51)29(7)39(53)57-32)58-40-35(52)31(47(11)12)22-26(4)56-40/h15-16,18,20,24-29,31-32,35-37,40,52H,2,14,17,19,21-23H2,1,3-13H3/t25-,26-,27+,28+,29-,31+,32-,35-,36-,37-,40?,43+,44-/m1/s1. The van der Waals surface area contributed by atoms with Gasteiger partial charge in [-0.1, -0.05) is 34.3 Å². The van der Waals surface area contributed by atoms with Gasteiger partial charge < -0.3 is 38.3 Å². The second-order valence-electron chi connectivity index (χ2n) is 18.1. The number of aromatic nitrogens is 3. The lowest BCUT2D eigenvalue weighted by atomic mass is 9.72. The van der Waals surface area contributed by atoms with Gasteiger partial charge in [-0.15, -0.1) is 0 Å². The molecule has 0 spiro atoms. The van der Waals surface area contributed by atoms with Crippen LogP contribution in [-0.2, 0) is 43.6 Å². The number of aliphatic hydroxyl groups is 1. The Morgan fingerprint density at radius 3 is 2.41 bits per heavy atom. The highest BCUT2D eigenvalue weighted by Gasteiger charge is 2.61. The van der Waals surface area contributed by atoms with E-state index in [1.54, 1.807) is 52.0 Å². The first-order valence-corrected chi connectivity index (χ1v) is 21.1. The second kappa shape index (κ2) is 18.1. The van der Waals surface area contributed by atoms with Crippen molar-refractivity contribution in [2.75, 3.05) is 27.7 Å². The molecule has 0 aliphatic carbocycles. The number of rotatable bonds is 11. The number of carbonyl (C=O) groups excluding carboxylic acids is 4. The number of aliphatic hydroxyl groups excluding tert-OH is 1. The molecule has 3 aliphatic rings. The van der Waals surface area contributed by atoms with Crippen molar-refractivity contribution in [3.63, 3.8) is 0 Å². The number of pyridine rings is 1. The molecule has 3 aliphatic heterocycles. The van der Waals surface area contributed by atoms with Crippen LogP contribution < -0.4 is 0 Å². The van der Waals surface area contributed by atoms with E-state index in [2.05, 4.69) is 35.0 Å². The summed E-state index contributed by atoms with van der Waals surface area (Å²) in [5.41, 5.74) is -1.79. The summed E-state index contributed by atoms with van der Waals surface area (Å²) in [5, 5.41) is 11.5. The highest BCUT2D eigenvalue weighted by Crippen LogP contribution is 2.44. The fourth-order valence-corrected chi connectivity index (χ4v) is 9.82. The number of carbonyl (C=O) groups is 4. The fourth-order valence-electron chi connectivity index (χ4n) is 9.82. The van der Waals surface area contributed by atoms with Crippen molar-refractivity contribution in [3.05, 3.63) is 37.3 Å². The summed E-state index contributed by atoms with van der Waals surface area (Å²) < 4.78 is 33.4. The monoisotopic (exact) mass is 825 g/mol. The van der Waals surface area contributed by atoms with Crippen LogP contribution in [0.5, 0.6) is 0 Å². The zero-order valence-corrected chi connectivity index (χ0v) is 37.0. The van der Waals surface area contributed by atoms with Crippen molar-refractivity contribution in [2.45, 2.75) is 154 Å². The van der Waals surface area contributed by atoms with Crippen molar-refractivity contribution < 1.29 is 48.0 Å². The van der Waals surface area contributed by atoms with Gasteiger partial charge in [0.05, 0.1) is 35.7 Å². The first-order valence-electron chi connectivity index (χ1n) is 21.1. The average Bonchev–Trinajstić information content (AvgIpc) is 3.77. The summed E-state index contributed by atoms with van der Waals surface area (Å²) in [7, 11) is 5.23. The van der Waals surface area contributed by atoms with Crippen molar-refractivity contribution in [3.8, 4) is 0 Å². The van der Waals surface area contributed by atoms with Gasteiger partial charge in [0.2, 0.25) is 0 Å². The molecule has 0 radical (unpaired) electrons. The summed E-state index contributed by atoms with van der Waals surface area (Å²) in [6.07, 6.45) is 1.72. The van der Waals surface area contributed by atoms with Gasteiger partial charge in [-0.05, 0) is 99.0 Å². The summed E-state index contributed by atoms with van der Waals surface area (Å²) in [4.78, 5) is 69.8. The number of imidazole rings is 1. The number of methoxy groups -OCH3 is 1. The SMILES string of the molecule is C=C[C@]12OC(=O)N(CCCC(C)(C)n3cnc4ncccc43)[C@@H]1[C@@H](C)C(=O)[C@H](C)C[C@](C)(OC)[C@H](OC1O[C@H](C)C[C@H](N(C)C)[C@H]1O)[C@@H](C)C(=O)[C@@H](C)C(=O)O[C@@H]2CC. The number of ketones is 2. The zero-order chi connectivity index (χ0) is 43.8. The summed E-state index contributed by atoms with van der Waals surface area (Å²) in [6, 6.07) is 2.63. The lowest BCUT2D eigenvalue weighted by Crippen LogP contribution is -2.60. The van der Waals surface area contributed by atoms with Gasteiger partial charge in [-0.2, -0.15) is 0 Å². The summed E-state index contributed by atoms with van der Waals surface area (Å²) in [6.45, 7) is 20.7. The van der Waals surface area contributed by atoms with E-state index in [0.29, 0.717) is 24.9 Å². The fraction of sp³-hybridized carbons (Fsp3) is 0.727. The number of nitrogens with zero attached hydrogens (tertiary/aromatic N) is 5. The summed E-state index contributed by atoms with van der Waals surface area (Å²) >= 11 is 0. The number of cyclic esters (lactones) is 1. The molecule has 2 aromatic heterocycles. The topological polar surface area (TPSA) is 172 Å². The van der Waals surface area contributed by atoms with Crippen LogP contribution in [0.25, 0.3) is 11.2 Å². The van der Waals surface area contributed by atoms with Crippen molar-refractivity contribution in [1.82, 2.24) is 24.3 Å². The third kappa shape index (κ3) is 8.86. The van der Waals surface area contributed by atoms with E-state index in [4.69, 9.17) is 23.7 Å². The number of fused-ring (bicyclic) bond motifs is 2. The highest BCUT2D eigenvalue weighted by molar-refractivity contribution is 6.00. The van der Waals surface area contributed by atoms with Crippen LogP contribution in [0.2, 0.25) is 0 Å². The van der Waals surface area contributed by atoms with Gasteiger partial charge in [-0.25, -0.2) is 14.8 Å². The van der Waals surface area contributed by atoms with Crippen LogP contribution in [0.3, 0.4) is 0 Å². The number of amides is 1. The minimum atomic E-state index is -1.61. The maximum Gasteiger partial charge on any atom is 0.411 e. The number of Topliss-reactive ketones (excluding diaryl/α,β-unsaturated/α-hetero) is 2. The van der Waals surface area contributed by atoms with Crippen LogP contribution >= 0.6 is 0 Å². The largest absolute Gasteiger partial charge is 0.457 e. The third-order valence-corrected chi connectivity index (χ3v) is 13.3. The average molecular weight is 826 g/mol. The highest BCUT2D eigenvalue weighted by atomic mass is 16.7. The van der Waals surface area contributed by atoms with Gasteiger partial charge in [0.25, 0.3) is 0 Å². The lowest BCUT2D eigenvalue weighted by Gasteiger charge is -2.47. The molecular weight excluding hydrogens is 759 g/mol. The molecular formula is C44H67N5O10. The predicted octanol–water partition coefficient (Wildman–Crippen LogP) is 5.32. The van der Waals surface area contributed by atoms with E-state index in [1.807, 2.05) is 38.1 Å². The van der Waals surface area contributed by atoms with Gasteiger partial charge in [-0.3, -0.25) is 19.3 Å². The molecule has 0 bridgehead atoms. The van der Waals surface area contributed by atoms with E-state index in [0.717, 1.165) is 5.52 Å². The molecule has 0 aromatic carbocycles. The molecule has 1 unspecified atom stereocenters. The van der Waals surface area contributed by atoms with Crippen molar-refractivity contribution in [2.24, 2.45) is 23.7 Å². The molecule has 3 fully saturated rings. The number of esters is 1. The van der Waals surface area contributed by atoms with Gasteiger partial charge in [0.1, 0.15) is 23.9 Å². The van der Waals surface area contributed by atoms with Crippen LogP contribution in [0.1, 0.15) is 94.4 Å². The van der Waals surface area contributed by atoms with Crippen molar-refractivity contribution in [1.29, 1.82) is 0 Å². The minimum absolute atomic E-state index is 0.102. The Bertz CT molecular complexity index is 1850. The number of likely N-dealkylation sites (N-methyl/N-ethyl adjacent to an activating group) is 1. The number of hydrogen-bond donors (Lipinski definition) is 1. The Morgan fingerprint density at radius 2 is 1.78 bits per heavy atom. The van der Waals surface area contributed by atoms with Crippen LogP contribution in [0.4, 0.5) is 4.79 Å². The molecule has 13 atom stereocenters. The molecule has 59 heavy (non-hydrogen) atoms. The Labute approximate surface area is 349 Å². The molecule has 5 rings (SSSR count). The molecule has 5 heterocycles. The Kier molecular flexibility index (Phi) is 14.2. The Balaban J connectivity index is 1.51. The van der Waals surface area contributed by atoms with Crippen LogP contribution in [0.15, 0.2) is 37.3 Å². The van der Waals surface area contributed by atoms with E-state index < -0.39 is 88.9 Å². The first kappa shape index (κ1) is 46.3. The molecule has 15 heteroatoms. The Hall–Kier alpha value is -3.76. The van der Waals surface area contributed by atoms with E-state index in [1.165, 1.54) is 20.1 Å². The molecule has 3 saturated heterocycles. The van der Waals surface area contributed by atoms with E-state index in [9.17, 15) is 24.3 Å². The zero-order valence-electron chi connectivity index (χ0n) is 37.0. The minimum Gasteiger partial charge on any atom is -0.457 e. The lowest BCUT2D eigenvalue weighted by molar-refractivity contribution is -0.295. The maximum absolute atomic E-state index is 14.9. The third-order valence-electron chi connectivity index (χ3n) is 13.3. The normalized spacial score (nSPS) is 36.6. The summed E-state index contributed by atoms with van der Waals surface area (Å²) in [5.74, 6) is -5.24. The molecule has 0 saturated carbocycles. The van der Waals surface area contributed by atoms with Crippen molar-refractivity contribution >= 4 is 34.8 Å². The molecule has 15 nitrogen and oxygen atoms in total. The predicted molar refractivity (Wildman–Crippen MR) is 220 cm³/mol. The van der Waals surface area contributed by atoms with Crippen LogP contribution in [-0.4, -0.2) is 135 Å². The van der Waals surface area contributed by atoms with Gasteiger partial charge in [0.15, 0.2) is 23.3 Å². The van der Waals surface area contributed by atoms with E-state index in [-0.39, 0.29) is 37.3 Å².